The monoisotopic (exact) mass is 616 g/mol. The highest BCUT2D eigenvalue weighted by molar-refractivity contribution is 6.09. The largest absolute Gasteiger partial charge is 0.481 e. The van der Waals surface area contributed by atoms with Crippen molar-refractivity contribution in [3.63, 3.8) is 0 Å². The van der Waals surface area contributed by atoms with Crippen LogP contribution in [0.2, 0.25) is 0 Å². The van der Waals surface area contributed by atoms with Gasteiger partial charge in [-0.05, 0) is 31.2 Å². The Balaban J connectivity index is 1.52. The number of carbonyl (C=O) groups is 2. The van der Waals surface area contributed by atoms with Gasteiger partial charge in [-0.25, -0.2) is 15.0 Å². The Morgan fingerprint density at radius 1 is 1.05 bits per heavy atom. The fourth-order valence-corrected chi connectivity index (χ4v) is 4.06. The SMILES string of the molecule is C=C(OO)C(C)Nc1nc(NCCO)nc(Nc2ccc(NC3=NC4(NC(=NCCO)N3)NC4(CC(=O)O)C(=O)O)cc2)n1. The zero-order valence-electron chi connectivity index (χ0n) is 23.3. The summed E-state index contributed by atoms with van der Waals surface area (Å²) in [6.07, 6.45) is -0.756. The zero-order valence-corrected chi connectivity index (χ0v) is 23.3. The van der Waals surface area contributed by atoms with Crippen molar-refractivity contribution < 1.29 is 40.2 Å². The van der Waals surface area contributed by atoms with Gasteiger partial charge in [-0.1, -0.05) is 6.58 Å². The molecule has 20 nitrogen and oxygen atoms in total. The molecular weight excluding hydrogens is 584 g/mol. The van der Waals surface area contributed by atoms with E-state index >= 15 is 0 Å². The van der Waals surface area contributed by atoms with Crippen molar-refractivity contribution in [3.05, 3.63) is 36.6 Å². The second kappa shape index (κ2) is 13.3. The van der Waals surface area contributed by atoms with E-state index in [9.17, 15) is 24.9 Å². The van der Waals surface area contributed by atoms with Gasteiger partial charge in [0.1, 0.15) is 0 Å². The molecule has 0 amide bonds. The predicted octanol–water partition coefficient (Wildman–Crippen LogP) is -1.31. The molecule has 20 heteroatoms. The van der Waals surface area contributed by atoms with Crippen LogP contribution in [0.5, 0.6) is 0 Å². The Bertz CT molecular complexity index is 1460. The number of aliphatic hydroxyl groups excluding tert-OH is 2. The lowest BCUT2D eigenvalue weighted by molar-refractivity contribution is -0.205. The Labute approximate surface area is 249 Å². The molecule has 2 aliphatic heterocycles. The van der Waals surface area contributed by atoms with Crippen LogP contribution in [0.25, 0.3) is 0 Å². The summed E-state index contributed by atoms with van der Waals surface area (Å²) in [5.74, 6) is -3.84. The number of anilines is 5. The average Bonchev–Trinajstić information content (AvgIpc) is 3.59. The number of aromatic nitrogens is 3. The molecule has 1 spiro atoms. The molecule has 0 saturated carbocycles. The number of nitrogens with one attached hydrogen (secondary N) is 7. The number of aliphatic hydroxyl groups is 2. The Kier molecular flexibility index (Phi) is 9.58. The topological polar surface area (TPSA) is 302 Å². The van der Waals surface area contributed by atoms with Crippen LogP contribution in [-0.4, -0.2) is 108 Å². The zero-order chi connectivity index (χ0) is 31.9. The maximum absolute atomic E-state index is 12.0. The molecule has 0 aliphatic carbocycles. The fraction of sp³-hybridized carbons (Fsp3) is 0.375. The first-order valence-electron chi connectivity index (χ1n) is 13.1. The van der Waals surface area contributed by atoms with E-state index in [0.29, 0.717) is 11.4 Å². The standard InChI is InChI=1S/C24H32N12O8/c1-12(13(2)44-43)27-20-30-18(25-7-9-37)31-21(33-20)28-14-3-5-15(6-4-14)29-22-32-19(26-8-10-38)34-24(35-22)23(36-24,17(41)42)11-16(39)40/h3-6,12,36-38,43H,2,7-11H2,1H3,(H,39,40)(H,41,42)(H3,26,29,32,34,35)(H3,25,27,28,30,31,33). The molecule has 2 aliphatic rings. The Morgan fingerprint density at radius 2 is 1.70 bits per heavy atom. The summed E-state index contributed by atoms with van der Waals surface area (Å²) < 4.78 is 0. The quantitative estimate of drug-likeness (QED) is 0.0478. The van der Waals surface area contributed by atoms with Crippen LogP contribution < -0.4 is 37.2 Å². The Morgan fingerprint density at radius 3 is 2.32 bits per heavy atom. The van der Waals surface area contributed by atoms with E-state index in [2.05, 4.69) is 73.6 Å². The number of guanidine groups is 2. The van der Waals surface area contributed by atoms with Crippen molar-refractivity contribution >= 4 is 53.1 Å². The van der Waals surface area contributed by atoms with Gasteiger partial charge in [0.15, 0.2) is 11.3 Å². The van der Waals surface area contributed by atoms with Gasteiger partial charge in [-0.15, -0.1) is 0 Å². The van der Waals surface area contributed by atoms with Crippen LogP contribution in [0.3, 0.4) is 0 Å². The molecule has 1 saturated heterocycles. The minimum atomic E-state index is -1.93. The lowest BCUT2D eigenvalue weighted by Gasteiger charge is -2.27. The van der Waals surface area contributed by atoms with Gasteiger partial charge in [0.2, 0.25) is 35.6 Å². The van der Waals surface area contributed by atoms with E-state index in [0.717, 1.165) is 0 Å². The van der Waals surface area contributed by atoms with Gasteiger partial charge in [0.25, 0.3) is 0 Å². The van der Waals surface area contributed by atoms with Crippen LogP contribution in [-0.2, 0) is 14.5 Å². The fourth-order valence-electron chi connectivity index (χ4n) is 4.06. The molecule has 0 bridgehead atoms. The second-order valence-corrected chi connectivity index (χ2v) is 9.49. The number of carboxylic acid groups (broad SMARTS) is 2. The van der Waals surface area contributed by atoms with Crippen LogP contribution >= 0.6 is 0 Å². The second-order valence-electron chi connectivity index (χ2n) is 9.49. The molecular formula is C24H32N12O8. The lowest BCUT2D eigenvalue weighted by Crippen LogP contribution is -2.59. The first-order valence-corrected chi connectivity index (χ1v) is 13.1. The van der Waals surface area contributed by atoms with Gasteiger partial charge in [0, 0.05) is 17.9 Å². The molecule has 44 heavy (non-hydrogen) atoms. The maximum Gasteiger partial charge on any atom is 0.330 e. The maximum atomic E-state index is 12.0. The highest BCUT2D eigenvalue weighted by atomic mass is 17.1. The molecule has 0 radical (unpaired) electrons. The van der Waals surface area contributed by atoms with Crippen molar-refractivity contribution in [2.24, 2.45) is 9.98 Å². The van der Waals surface area contributed by atoms with E-state index in [1.165, 1.54) is 0 Å². The van der Waals surface area contributed by atoms with E-state index in [1.54, 1.807) is 31.2 Å². The molecule has 4 rings (SSSR count). The average molecular weight is 617 g/mol. The third-order valence-corrected chi connectivity index (χ3v) is 6.30. The number of nitrogens with zero attached hydrogens (tertiary/aromatic N) is 5. The highest BCUT2D eigenvalue weighted by Crippen LogP contribution is 2.42. The number of carboxylic acids is 2. The molecule has 1 aromatic carbocycles. The van der Waals surface area contributed by atoms with Crippen LogP contribution in [0.4, 0.5) is 29.2 Å². The number of aliphatic imine (C=N–C) groups is 2. The van der Waals surface area contributed by atoms with Gasteiger partial charge >= 0.3 is 11.9 Å². The molecule has 2 aromatic rings. The van der Waals surface area contributed by atoms with Crippen molar-refractivity contribution in [1.29, 1.82) is 0 Å². The molecule has 3 unspecified atom stereocenters. The third-order valence-electron chi connectivity index (χ3n) is 6.30. The molecule has 12 N–H and O–H groups in total. The van der Waals surface area contributed by atoms with Gasteiger partial charge in [0.05, 0.1) is 32.2 Å². The number of aliphatic carboxylic acids is 2. The van der Waals surface area contributed by atoms with Crippen molar-refractivity contribution in [3.8, 4) is 0 Å². The summed E-state index contributed by atoms with van der Waals surface area (Å²) in [5.41, 5.74) is -0.852. The number of hydrogen-bond donors (Lipinski definition) is 12. The van der Waals surface area contributed by atoms with E-state index in [-0.39, 0.29) is 61.8 Å². The first kappa shape index (κ1) is 31.6. The first-order chi connectivity index (χ1) is 21.0. The molecule has 1 aromatic heterocycles. The van der Waals surface area contributed by atoms with E-state index < -0.39 is 35.7 Å². The van der Waals surface area contributed by atoms with Crippen LogP contribution in [0.15, 0.2) is 46.6 Å². The molecule has 3 atom stereocenters. The number of rotatable bonds is 15. The van der Waals surface area contributed by atoms with Gasteiger partial charge in [-0.2, -0.15) is 15.0 Å². The van der Waals surface area contributed by atoms with Crippen molar-refractivity contribution in [2.75, 3.05) is 47.6 Å². The summed E-state index contributed by atoms with van der Waals surface area (Å²) in [4.78, 5) is 48.9. The van der Waals surface area contributed by atoms with Crippen LogP contribution in [0.1, 0.15) is 13.3 Å². The lowest BCUT2D eigenvalue weighted by atomic mass is 10.0. The normalized spacial score (nSPS) is 21.7. The van der Waals surface area contributed by atoms with Crippen molar-refractivity contribution in [2.45, 2.75) is 30.7 Å². The Hall–Kier alpha value is -5.31. The summed E-state index contributed by atoms with van der Waals surface area (Å²) in [5, 5.41) is 66.4. The molecule has 3 heterocycles. The van der Waals surface area contributed by atoms with E-state index in [1.807, 2.05) is 0 Å². The minimum Gasteiger partial charge on any atom is -0.481 e. The number of benzene rings is 1. The summed E-state index contributed by atoms with van der Waals surface area (Å²) >= 11 is 0. The molecule has 236 valence electrons. The predicted molar refractivity (Wildman–Crippen MR) is 156 cm³/mol. The van der Waals surface area contributed by atoms with E-state index in [4.69, 9.17) is 10.4 Å². The van der Waals surface area contributed by atoms with Gasteiger partial charge in [-0.3, -0.25) is 20.4 Å². The summed E-state index contributed by atoms with van der Waals surface area (Å²) in [7, 11) is 0. The number of hydrogen-bond acceptors (Lipinski definition) is 16. The summed E-state index contributed by atoms with van der Waals surface area (Å²) in [6.45, 7) is 4.99. The van der Waals surface area contributed by atoms with Gasteiger partial charge < -0.3 is 51.9 Å². The molecule has 1 fully saturated rings. The third kappa shape index (κ3) is 7.18. The summed E-state index contributed by atoms with van der Waals surface area (Å²) in [6, 6.07) is 6.16. The minimum absolute atomic E-state index is 0.00746. The van der Waals surface area contributed by atoms with Crippen molar-refractivity contribution in [1.82, 2.24) is 30.9 Å². The van der Waals surface area contributed by atoms with Crippen LogP contribution in [0, 0.1) is 0 Å². The smallest absolute Gasteiger partial charge is 0.330 e. The highest BCUT2D eigenvalue weighted by Gasteiger charge is 2.76.